The van der Waals surface area contributed by atoms with Crippen LogP contribution in [0, 0.1) is 0 Å². The second-order valence-electron chi connectivity index (χ2n) is 9.71. The van der Waals surface area contributed by atoms with Crippen LogP contribution in [0.5, 0.6) is 0 Å². The highest BCUT2D eigenvalue weighted by Gasteiger charge is 2.12. The largest absolute Gasteiger partial charge is 0.140 e. The molecule has 0 aliphatic rings. The van der Waals surface area contributed by atoms with Crippen LogP contribution in [-0.2, 0) is 12.8 Å². The van der Waals surface area contributed by atoms with Gasteiger partial charge >= 0.3 is 0 Å². The van der Waals surface area contributed by atoms with Crippen LogP contribution in [0.2, 0.25) is 0 Å². The Morgan fingerprint density at radius 1 is 0.441 bits per heavy atom. The molecule has 2 heterocycles. The minimum absolute atomic E-state index is 1.21. The van der Waals surface area contributed by atoms with Crippen molar-refractivity contribution in [3.8, 4) is 0 Å². The molecule has 0 N–H and O–H groups in total. The zero-order valence-electron chi connectivity index (χ0n) is 20.2. The topological polar surface area (TPSA) is 0 Å². The summed E-state index contributed by atoms with van der Waals surface area (Å²) in [5.41, 5.74) is 0. The van der Waals surface area contributed by atoms with Crippen molar-refractivity contribution in [3.63, 3.8) is 0 Å². The Morgan fingerprint density at radius 2 is 0.794 bits per heavy atom. The molecule has 0 bridgehead atoms. The molecule has 0 saturated heterocycles. The molecule has 0 radical (unpaired) electrons. The molecule has 0 fully saturated rings. The Bertz CT molecular complexity index is 1510. The summed E-state index contributed by atoms with van der Waals surface area (Å²) >= 11 is 3.96. The Balaban J connectivity index is 1.47. The van der Waals surface area contributed by atoms with Crippen molar-refractivity contribution in [1.29, 1.82) is 0 Å². The lowest BCUT2D eigenvalue weighted by Crippen LogP contribution is -1.82. The standard InChI is InChI=1S/C32H32S2/c1-3-5-7-9-21-19-29-27-13-11-24-23(25(27)15-17-31(29)33-21)12-14-28-26(24)16-18-32-30(28)20-22(34-32)10-8-6-4-2/h11-20H,3-10H2,1-2H3. The minimum atomic E-state index is 1.21. The zero-order valence-corrected chi connectivity index (χ0v) is 21.9. The molecular formula is C32H32S2. The van der Waals surface area contributed by atoms with Crippen LogP contribution in [0.15, 0.2) is 60.7 Å². The number of hydrogen-bond acceptors (Lipinski definition) is 2. The van der Waals surface area contributed by atoms with Gasteiger partial charge in [0.25, 0.3) is 0 Å². The van der Waals surface area contributed by atoms with E-state index in [-0.39, 0.29) is 0 Å². The highest BCUT2D eigenvalue weighted by Crippen LogP contribution is 2.40. The summed E-state index contributed by atoms with van der Waals surface area (Å²) in [6, 6.07) is 23.8. The lowest BCUT2D eigenvalue weighted by molar-refractivity contribution is 0.723. The molecule has 0 aliphatic carbocycles. The van der Waals surface area contributed by atoms with Crippen LogP contribution in [0.3, 0.4) is 0 Å². The quantitative estimate of drug-likeness (QED) is 0.150. The van der Waals surface area contributed by atoms with Gasteiger partial charge in [0.2, 0.25) is 0 Å². The highest BCUT2D eigenvalue weighted by atomic mass is 32.1. The summed E-state index contributed by atoms with van der Waals surface area (Å²) in [7, 11) is 0. The molecule has 172 valence electrons. The molecular weight excluding hydrogens is 448 g/mol. The summed E-state index contributed by atoms with van der Waals surface area (Å²) in [5.74, 6) is 0. The van der Waals surface area contributed by atoms with Gasteiger partial charge in [0, 0.05) is 29.9 Å². The van der Waals surface area contributed by atoms with Gasteiger partial charge in [-0.05, 0) is 82.3 Å². The molecule has 0 spiro atoms. The number of hydrogen-bond donors (Lipinski definition) is 0. The van der Waals surface area contributed by atoms with Crippen molar-refractivity contribution >= 4 is 75.2 Å². The van der Waals surface area contributed by atoms with Crippen LogP contribution in [-0.4, -0.2) is 0 Å². The Kier molecular flexibility index (Phi) is 6.05. The molecule has 0 unspecified atom stereocenters. The van der Waals surface area contributed by atoms with Crippen molar-refractivity contribution in [2.24, 2.45) is 0 Å². The van der Waals surface area contributed by atoms with Gasteiger partial charge in [0.05, 0.1) is 0 Å². The van der Waals surface area contributed by atoms with Crippen molar-refractivity contribution in [1.82, 2.24) is 0 Å². The summed E-state index contributed by atoms with van der Waals surface area (Å²) in [5, 5.41) is 11.2. The first-order valence-corrected chi connectivity index (χ1v) is 14.6. The van der Waals surface area contributed by atoms with Crippen LogP contribution >= 0.6 is 22.7 Å². The third-order valence-electron chi connectivity index (χ3n) is 7.34. The maximum atomic E-state index is 2.46. The smallest absolute Gasteiger partial charge is 0.0352 e. The van der Waals surface area contributed by atoms with Crippen LogP contribution in [0.1, 0.15) is 62.1 Å². The molecule has 6 rings (SSSR count). The molecule has 6 aromatic rings. The fourth-order valence-corrected chi connectivity index (χ4v) is 7.77. The van der Waals surface area contributed by atoms with E-state index in [4.69, 9.17) is 0 Å². The van der Waals surface area contributed by atoms with Gasteiger partial charge in [0.1, 0.15) is 0 Å². The monoisotopic (exact) mass is 480 g/mol. The van der Waals surface area contributed by atoms with Crippen molar-refractivity contribution in [3.05, 3.63) is 70.4 Å². The molecule has 34 heavy (non-hydrogen) atoms. The first-order chi connectivity index (χ1) is 16.8. The maximum Gasteiger partial charge on any atom is 0.0352 e. The lowest BCUT2D eigenvalue weighted by Gasteiger charge is -2.09. The minimum Gasteiger partial charge on any atom is -0.140 e. The van der Waals surface area contributed by atoms with Gasteiger partial charge in [0.15, 0.2) is 0 Å². The molecule has 0 aliphatic heterocycles. The second-order valence-corrected chi connectivity index (χ2v) is 12.0. The van der Waals surface area contributed by atoms with E-state index in [1.807, 2.05) is 22.7 Å². The van der Waals surface area contributed by atoms with Crippen LogP contribution in [0.4, 0.5) is 0 Å². The Hall–Kier alpha value is -2.42. The number of aryl methyl sites for hydroxylation is 2. The van der Waals surface area contributed by atoms with Crippen LogP contribution < -0.4 is 0 Å². The van der Waals surface area contributed by atoms with E-state index in [0.29, 0.717) is 0 Å². The fraction of sp³-hybridized carbons (Fsp3) is 0.312. The summed E-state index contributed by atoms with van der Waals surface area (Å²) in [6.45, 7) is 4.56. The Morgan fingerprint density at radius 3 is 1.18 bits per heavy atom. The predicted octanol–water partition coefficient (Wildman–Crippen LogP) is 11.0. The fourth-order valence-electron chi connectivity index (χ4n) is 5.53. The summed E-state index contributed by atoms with van der Waals surface area (Å²) in [4.78, 5) is 3.06. The van der Waals surface area contributed by atoms with Crippen molar-refractivity contribution in [2.75, 3.05) is 0 Å². The van der Waals surface area contributed by atoms with Gasteiger partial charge in [-0.1, -0.05) is 75.9 Å². The Labute approximate surface area is 210 Å². The van der Waals surface area contributed by atoms with Gasteiger partial charge in [-0.25, -0.2) is 0 Å². The average Bonchev–Trinajstić information content (AvgIpc) is 3.47. The summed E-state index contributed by atoms with van der Waals surface area (Å²) in [6.07, 6.45) is 10.2. The molecule has 0 atom stereocenters. The molecule has 4 aromatic carbocycles. The number of rotatable bonds is 8. The number of unbranched alkanes of at least 4 members (excludes halogenated alkanes) is 4. The first kappa shape index (κ1) is 22.1. The van der Waals surface area contributed by atoms with E-state index in [9.17, 15) is 0 Å². The number of fused-ring (bicyclic) bond motifs is 9. The van der Waals surface area contributed by atoms with Crippen LogP contribution in [0.25, 0.3) is 52.5 Å². The maximum absolute atomic E-state index is 2.46. The van der Waals surface area contributed by atoms with Crippen molar-refractivity contribution in [2.45, 2.75) is 65.2 Å². The van der Waals surface area contributed by atoms with Crippen molar-refractivity contribution < 1.29 is 0 Å². The molecule has 2 heteroatoms. The summed E-state index contributed by atoms with van der Waals surface area (Å²) < 4.78 is 2.85. The predicted molar refractivity (Wildman–Crippen MR) is 156 cm³/mol. The molecule has 0 saturated carbocycles. The zero-order chi connectivity index (χ0) is 23.1. The van der Waals surface area contributed by atoms with Gasteiger partial charge in [-0.2, -0.15) is 0 Å². The van der Waals surface area contributed by atoms with Gasteiger partial charge < -0.3 is 0 Å². The number of benzene rings is 4. The van der Waals surface area contributed by atoms with E-state index < -0.39 is 0 Å². The lowest BCUT2D eigenvalue weighted by atomic mass is 9.94. The SMILES string of the molecule is CCCCCc1cc2c(ccc3c2ccc2c4ccc5sc(CCCCC)cc5c4ccc32)s1. The van der Waals surface area contributed by atoms with E-state index in [1.165, 1.54) is 114 Å². The van der Waals surface area contributed by atoms with E-state index in [1.54, 1.807) is 0 Å². The first-order valence-electron chi connectivity index (χ1n) is 13.0. The van der Waals surface area contributed by atoms with E-state index >= 15 is 0 Å². The number of thiophene rings is 2. The molecule has 0 amide bonds. The third-order valence-corrected chi connectivity index (χ3v) is 9.66. The van der Waals surface area contributed by atoms with Gasteiger partial charge in [-0.15, -0.1) is 22.7 Å². The normalized spacial score (nSPS) is 12.2. The van der Waals surface area contributed by atoms with E-state index in [2.05, 4.69) is 74.5 Å². The third kappa shape index (κ3) is 3.82. The molecule has 2 aromatic heterocycles. The van der Waals surface area contributed by atoms with Gasteiger partial charge in [-0.3, -0.25) is 0 Å². The highest BCUT2D eigenvalue weighted by molar-refractivity contribution is 7.19. The molecule has 0 nitrogen and oxygen atoms in total. The van der Waals surface area contributed by atoms with E-state index in [0.717, 1.165) is 0 Å². The average molecular weight is 481 g/mol. The second kappa shape index (κ2) is 9.32.